The van der Waals surface area contributed by atoms with Gasteiger partial charge in [0.2, 0.25) is 0 Å². The summed E-state index contributed by atoms with van der Waals surface area (Å²) < 4.78 is 12.9. The molecule has 0 aromatic carbocycles. The Bertz CT molecular complexity index is 3230. The van der Waals surface area contributed by atoms with E-state index in [0.29, 0.717) is 25.7 Å². The molecule has 648 valence electrons. The predicted molar refractivity (Wildman–Crippen MR) is 483 cm³/mol. The molecule has 0 bridgehead atoms. The zero-order chi connectivity index (χ0) is 89.2. The minimum atomic E-state index is -0.138. The lowest BCUT2D eigenvalue weighted by Crippen LogP contribution is -2.82. The highest BCUT2D eigenvalue weighted by atomic mass is 32.2. The highest BCUT2D eigenvalue weighted by Gasteiger charge is 2.69. The molecule has 0 atom stereocenters. The van der Waals surface area contributed by atoms with Crippen molar-refractivity contribution >= 4 is 23.5 Å². The number of hydrogen-bond donors (Lipinski definition) is 0. The lowest BCUT2D eigenvalue weighted by molar-refractivity contribution is -0.285. The van der Waals surface area contributed by atoms with E-state index in [-0.39, 0.29) is 103 Å². The summed E-state index contributed by atoms with van der Waals surface area (Å²) in [6.07, 6.45) is 0. The van der Waals surface area contributed by atoms with E-state index in [1.54, 1.807) is 21.1 Å². The van der Waals surface area contributed by atoms with Crippen LogP contribution in [0.15, 0.2) is 0 Å². The molecule has 0 radical (unpaired) electrons. The number of morpholine rings is 1. The Kier molecular flexibility index (Phi) is 30.6. The molecule has 17 nitrogen and oxygen atoms in total. The normalized spacial score (nSPS) is 28.1. The van der Waals surface area contributed by atoms with Crippen LogP contribution in [0, 0.1) is 67.1 Å². The molecule has 110 heavy (non-hydrogen) atoms. The van der Waals surface area contributed by atoms with Gasteiger partial charge in [-0.05, 0) is 341 Å². The lowest BCUT2D eigenvalue weighted by Gasteiger charge is -2.73. The fourth-order valence-electron chi connectivity index (χ4n) is 17.7. The number of ether oxygens (including phenoxy) is 1. The van der Waals surface area contributed by atoms with Crippen molar-refractivity contribution in [1.29, 1.82) is 0 Å². The van der Waals surface area contributed by atoms with Crippen molar-refractivity contribution in [2.45, 2.75) is 464 Å². The Labute approximate surface area is 691 Å². The summed E-state index contributed by atoms with van der Waals surface area (Å²) in [4.78, 5) is 19.3. The summed E-state index contributed by atoms with van der Waals surface area (Å²) in [5.74, 6) is 2.63. The first-order valence-electron chi connectivity index (χ1n) is 41.4. The molecule has 3 aromatic heterocycles. The van der Waals surface area contributed by atoms with E-state index >= 15 is 0 Å². The minimum Gasteiger partial charge on any atom is -0.366 e. The van der Waals surface area contributed by atoms with Crippen molar-refractivity contribution in [3.8, 4) is 0 Å². The number of thioether (sulfide) groups is 2. The molecule has 0 saturated carbocycles. The molecule has 9 heterocycles. The summed E-state index contributed by atoms with van der Waals surface area (Å²) in [6.45, 7) is 122. The number of hydrogen-bond acceptors (Lipinski definition) is 16. The van der Waals surface area contributed by atoms with Crippen LogP contribution in [-0.2, 0) is 25.9 Å². The quantitative estimate of drug-likeness (QED) is 0.211. The van der Waals surface area contributed by atoms with Gasteiger partial charge in [0.15, 0.2) is 0 Å². The molecule has 0 spiro atoms. The zero-order valence-corrected chi connectivity index (χ0v) is 86.5. The number of tetrazole rings is 1. The highest BCUT2D eigenvalue weighted by molar-refractivity contribution is 8.03. The third-order valence-electron chi connectivity index (χ3n) is 37.6. The van der Waals surface area contributed by atoms with E-state index in [4.69, 9.17) is 4.74 Å². The maximum Gasteiger partial charge on any atom is 0.147 e. The topological polar surface area (TPSA) is 134 Å². The summed E-state index contributed by atoms with van der Waals surface area (Å²) in [6, 6.07) is 0. The molecule has 0 amide bonds. The van der Waals surface area contributed by atoms with Crippen LogP contribution in [0.2, 0.25) is 0 Å². The van der Waals surface area contributed by atoms with E-state index in [9.17, 15) is 0 Å². The van der Waals surface area contributed by atoms with Gasteiger partial charge in [-0.3, -0.25) is 38.8 Å². The van der Waals surface area contributed by atoms with Crippen molar-refractivity contribution in [3.05, 3.63) is 28.9 Å². The van der Waals surface area contributed by atoms with E-state index < -0.39 is 0 Å². The van der Waals surface area contributed by atoms with Gasteiger partial charge >= 0.3 is 0 Å². The molecule has 19 heteroatoms. The smallest absolute Gasteiger partial charge is 0.147 e. The second-order valence-electron chi connectivity index (χ2n) is 46.2. The lowest BCUT2D eigenvalue weighted by atomic mass is 9.41. The molecule has 6 aliphatic rings. The van der Waals surface area contributed by atoms with Crippen LogP contribution < -0.4 is 0 Å². The average Bonchev–Trinajstić information content (AvgIpc) is 0.802. The standard InChI is InChI=1S/C16H33N.C14H30N2.C13H27NO.C13H27NS.C13H27N.C9H18S.2C5H9N3.C3H6N4/c1-12(2)13(3,4)15(7,8)17(11)16(9,10)14(12,5)6;1-11(2)12(3,4)16(10)14(7,8)13(5,6)15(11)9;2*1-10(2)12(5,6)15-13(7,8)11(3,4)14(10)9;1-10(2)11(3,4)13(7,8)14(9)12(10,5)6;1-7(2)8(3,4)10-9(7,5)6;1-4-6-5(2)8(3)7-4;1-4-5(2)8(3)7-6-4;1-3-4-5-6-7(3)2/h1-11H3;1-10H3;2*1-9H3;1-9H3;1-6H3;2*1-3H3;1-2H3. The fraction of sp³-hybridized carbons (Fsp3) is 0.945. The van der Waals surface area contributed by atoms with Crippen LogP contribution in [0.3, 0.4) is 0 Å². The monoisotopic (exact) mass is 1580 g/mol. The summed E-state index contributed by atoms with van der Waals surface area (Å²) in [7, 11) is 19.1. The van der Waals surface area contributed by atoms with E-state index in [1.807, 2.05) is 48.7 Å². The largest absolute Gasteiger partial charge is 0.366 e. The average molecular weight is 1580 g/mol. The van der Waals surface area contributed by atoms with Gasteiger partial charge in [-0.15, -0.1) is 33.7 Å². The molecule has 3 aromatic rings. The van der Waals surface area contributed by atoms with Crippen LogP contribution in [-0.4, -0.2) is 218 Å². The fourth-order valence-corrected chi connectivity index (χ4v) is 21.9. The summed E-state index contributed by atoms with van der Waals surface area (Å²) >= 11 is 4.22. The van der Waals surface area contributed by atoms with Crippen LogP contribution in [0.5, 0.6) is 0 Å². The van der Waals surface area contributed by atoms with Gasteiger partial charge in [0, 0.05) is 107 Å². The van der Waals surface area contributed by atoms with Gasteiger partial charge in [-0.2, -0.15) is 5.10 Å². The van der Waals surface area contributed by atoms with Crippen LogP contribution >= 0.6 is 23.5 Å². The van der Waals surface area contributed by atoms with Crippen molar-refractivity contribution in [2.24, 2.45) is 53.6 Å². The number of aromatic nitrogens is 10. The summed E-state index contributed by atoms with van der Waals surface area (Å²) in [5, 5.41) is 22.2. The van der Waals surface area contributed by atoms with Crippen LogP contribution in [0.1, 0.15) is 361 Å². The van der Waals surface area contributed by atoms with Gasteiger partial charge in [-0.1, -0.05) is 116 Å². The van der Waals surface area contributed by atoms with Crippen molar-refractivity contribution in [3.63, 3.8) is 0 Å². The van der Waals surface area contributed by atoms with Crippen molar-refractivity contribution < 1.29 is 4.74 Å². The van der Waals surface area contributed by atoms with Crippen LogP contribution in [0.25, 0.3) is 0 Å². The molecule has 6 saturated heterocycles. The van der Waals surface area contributed by atoms with Gasteiger partial charge in [0.25, 0.3) is 0 Å². The Morgan fingerprint density at radius 1 is 0.245 bits per heavy atom. The maximum atomic E-state index is 6.32. The number of rotatable bonds is 0. The number of likely N-dealkylation sites (N-methyl/N-ethyl adjacent to an activating group) is 3. The number of piperidine rings is 1. The highest BCUT2D eigenvalue weighted by Crippen LogP contribution is 2.69. The molecule has 0 unspecified atom stereocenters. The molecular formula is C91H186N16OS2. The van der Waals surface area contributed by atoms with Gasteiger partial charge in [-0.25, -0.2) is 9.67 Å². The number of nitrogens with zero attached hydrogens (tertiary/aromatic N) is 16. The molecule has 6 aliphatic heterocycles. The molecule has 6 fully saturated rings. The molecule has 0 aliphatic carbocycles. The van der Waals surface area contributed by atoms with Crippen molar-refractivity contribution in [1.82, 2.24) is 79.4 Å². The SMILES string of the molecule is CC1(C)SC(C)(C)C1(C)C.CN1C(C)(C)C(C)(C)C(C)(C)C(C)(C)C1(C)C.CN1C(C)(C)C(C)(C)C(C)(C)C1(C)C.CN1C(C)(C)C(C)(C)N(C)C(C)(C)C1(C)C.CN1C(C)(C)C(C)(C)OC(C)(C)C1(C)C.CN1C(C)(C)C(C)(C)SC(C)(C)C1(C)C.Cc1nc(C)n(C)n1.Cc1nnn(C)c1C.Cc1nnnn1C. The van der Waals surface area contributed by atoms with Gasteiger partial charge < -0.3 is 4.74 Å². The Morgan fingerprint density at radius 3 is 0.655 bits per heavy atom. The van der Waals surface area contributed by atoms with Crippen LogP contribution in [0.4, 0.5) is 0 Å². The third-order valence-corrected chi connectivity index (χ3v) is 41.6. The minimum absolute atomic E-state index is 0.0337. The maximum absolute atomic E-state index is 6.32. The molecular weight excluding hydrogens is 1400 g/mol. The predicted octanol–water partition coefficient (Wildman–Crippen LogP) is 21.6. The molecule has 9 rings (SSSR count). The van der Waals surface area contributed by atoms with Gasteiger partial charge in [0.1, 0.15) is 17.5 Å². The zero-order valence-electron chi connectivity index (χ0n) is 84.9. The third kappa shape index (κ3) is 17.5. The first-order valence-corrected chi connectivity index (χ1v) is 43.1. The van der Waals surface area contributed by atoms with E-state index in [2.05, 4.69) is 463 Å². The number of piperazine rings is 1. The molecule has 0 N–H and O–H groups in total. The van der Waals surface area contributed by atoms with E-state index in [1.165, 1.54) is 0 Å². The second-order valence-corrected chi connectivity index (χ2v) is 50.7. The Hall–Kier alpha value is -2.23. The summed E-state index contributed by atoms with van der Waals surface area (Å²) in [5.41, 5.74) is 5.76. The second kappa shape index (κ2) is 31.8. The Balaban J connectivity index is 0.000000627. The first-order chi connectivity index (χ1) is 47.5. The van der Waals surface area contributed by atoms with Crippen molar-refractivity contribution in [2.75, 3.05) is 42.3 Å². The first kappa shape index (κ1) is 106. The Morgan fingerprint density at radius 2 is 0.500 bits per heavy atom. The van der Waals surface area contributed by atoms with Gasteiger partial charge in [0.05, 0.1) is 22.6 Å². The van der Waals surface area contributed by atoms with E-state index in [0.717, 1.165) is 28.9 Å². The number of likely N-dealkylation sites (tertiary alicyclic amines) is 2. The number of aryl methyl sites for hydroxylation is 7.